The highest BCUT2D eigenvalue weighted by Gasteiger charge is 2.48. The first-order valence-electron chi connectivity index (χ1n) is 14.6. The lowest BCUT2D eigenvalue weighted by atomic mass is 9.77. The minimum absolute atomic E-state index is 0.0301. The molecule has 0 aromatic heterocycles. The molecule has 1 aliphatic carbocycles. The van der Waals surface area contributed by atoms with Crippen LogP contribution in [0.25, 0.3) is 10.8 Å². The van der Waals surface area contributed by atoms with Gasteiger partial charge < -0.3 is 13.7 Å². The van der Waals surface area contributed by atoms with Crippen LogP contribution in [0.15, 0.2) is 52.3 Å². The summed E-state index contributed by atoms with van der Waals surface area (Å²) in [5.74, 6) is 0.0000589. The first kappa shape index (κ1) is 26.2. The minimum atomic E-state index is -4.44. The lowest BCUT2D eigenvalue weighted by molar-refractivity contribution is 0.0999. The van der Waals surface area contributed by atoms with Crippen LogP contribution in [0.1, 0.15) is 79.0 Å². The number of rotatable bonds is 6. The molecule has 0 saturated carbocycles. The molecule has 0 radical (unpaired) electrons. The van der Waals surface area contributed by atoms with Gasteiger partial charge in [-0.15, -0.1) is 0 Å². The highest BCUT2D eigenvalue weighted by Crippen LogP contribution is 2.53. The second-order valence-electron chi connectivity index (χ2n) is 12.2. The normalized spacial score (nSPS) is 30.4. The Hall–Kier alpha value is -2.50. The Kier molecular flexibility index (Phi) is 5.90. The molecule has 3 aromatic carbocycles. The van der Waals surface area contributed by atoms with Crippen molar-refractivity contribution in [2.75, 3.05) is 0 Å². The molecule has 4 bridgehead atoms. The molecule has 41 heavy (non-hydrogen) atoms. The molecule has 216 valence electrons. The van der Waals surface area contributed by atoms with E-state index in [1.807, 2.05) is 30.3 Å². The Morgan fingerprint density at radius 3 is 2.15 bits per heavy atom. The van der Waals surface area contributed by atoms with Crippen LogP contribution >= 0.6 is 0 Å². The molecule has 0 spiro atoms. The second-order valence-corrected chi connectivity index (χ2v) is 15.1. The molecule has 10 heteroatoms. The summed E-state index contributed by atoms with van der Waals surface area (Å²) in [5.41, 5.74) is 2.49. The summed E-state index contributed by atoms with van der Waals surface area (Å²) in [4.78, 5) is 0.0455. The second kappa shape index (κ2) is 9.25. The molecule has 0 amide bonds. The number of hydrogen-bond acceptors (Lipinski definition) is 7. The van der Waals surface area contributed by atoms with E-state index in [2.05, 4.69) is 0 Å². The third-order valence-electron chi connectivity index (χ3n) is 9.98. The van der Waals surface area contributed by atoms with Crippen LogP contribution in [-0.4, -0.2) is 45.8 Å². The van der Waals surface area contributed by atoms with Crippen molar-refractivity contribution in [3.05, 3.63) is 64.7 Å². The van der Waals surface area contributed by atoms with Crippen LogP contribution in [-0.2, 0) is 42.6 Å². The van der Waals surface area contributed by atoms with Gasteiger partial charge in [0.05, 0.1) is 29.3 Å². The molecule has 4 heterocycles. The van der Waals surface area contributed by atoms with Gasteiger partial charge in [-0.2, -0.15) is 16.8 Å². The van der Waals surface area contributed by atoms with Crippen LogP contribution in [0.4, 0.5) is 0 Å². The molecule has 4 saturated heterocycles. The smallest absolute Gasteiger partial charge is 0.339 e. The summed E-state index contributed by atoms with van der Waals surface area (Å²) in [7, 11) is -8.81. The largest absolute Gasteiger partial charge is 0.379 e. The van der Waals surface area contributed by atoms with Gasteiger partial charge in [-0.3, -0.25) is 4.55 Å². The molecule has 1 N–H and O–H groups in total. The van der Waals surface area contributed by atoms with Crippen molar-refractivity contribution >= 4 is 31.0 Å². The Balaban J connectivity index is 1.33. The molecule has 4 fully saturated rings. The van der Waals surface area contributed by atoms with E-state index >= 15 is 0 Å². The highest BCUT2D eigenvalue weighted by molar-refractivity contribution is 7.87. The molecule has 6 atom stereocenters. The van der Waals surface area contributed by atoms with E-state index in [9.17, 15) is 21.4 Å². The molecule has 8 rings (SSSR count). The van der Waals surface area contributed by atoms with E-state index in [1.165, 1.54) is 12.1 Å². The Labute approximate surface area is 239 Å². The number of ether oxygens (including phenoxy) is 2. The van der Waals surface area contributed by atoms with Gasteiger partial charge in [-0.1, -0.05) is 24.3 Å². The SMILES string of the molecule is O=S(=O)(O)c1ccc(OS(=O)(=O)c2c(C3CC4CCC3O4)cc3ccccc3c2C2CC3CCC2O3)c2c1CCC2. The molecule has 3 aromatic rings. The molecule has 5 aliphatic rings. The number of benzene rings is 3. The zero-order valence-electron chi connectivity index (χ0n) is 22.5. The lowest BCUT2D eigenvalue weighted by Crippen LogP contribution is -2.25. The van der Waals surface area contributed by atoms with Gasteiger partial charge in [0.25, 0.3) is 10.1 Å². The van der Waals surface area contributed by atoms with Crippen molar-refractivity contribution in [3.8, 4) is 5.75 Å². The van der Waals surface area contributed by atoms with Gasteiger partial charge in [0.15, 0.2) is 0 Å². The topological polar surface area (TPSA) is 116 Å². The average Bonchev–Trinajstić information content (AvgIpc) is 3.78. The van der Waals surface area contributed by atoms with Gasteiger partial charge >= 0.3 is 10.1 Å². The first-order chi connectivity index (χ1) is 19.7. The van der Waals surface area contributed by atoms with Crippen LogP contribution in [0, 0.1) is 0 Å². The van der Waals surface area contributed by atoms with Crippen molar-refractivity contribution in [1.82, 2.24) is 0 Å². The average molecular weight is 597 g/mol. The molecule has 4 aliphatic heterocycles. The van der Waals surface area contributed by atoms with Crippen molar-refractivity contribution in [2.24, 2.45) is 0 Å². The van der Waals surface area contributed by atoms with E-state index in [-0.39, 0.29) is 51.8 Å². The lowest BCUT2D eigenvalue weighted by Gasteiger charge is -2.29. The van der Waals surface area contributed by atoms with Gasteiger partial charge in [0, 0.05) is 17.4 Å². The monoisotopic (exact) mass is 596 g/mol. The summed E-state index contributed by atoms with van der Waals surface area (Å²) in [6, 6.07) is 12.6. The van der Waals surface area contributed by atoms with Crippen LogP contribution < -0.4 is 4.18 Å². The van der Waals surface area contributed by atoms with Crippen molar-refractivity contribution in [2.45, 2.75) is 104 Å². The van der Waals surface area contributed by atoms with E-state index < -0.39 is 20.2 Å². The van der Waals surface area contributed by atoms with Crippen molar-refractivity contribution in [1.29, 1.82) is 0 Å². The van der Waals surface area contributed by atoms with E-state index in [0.29, 0.717) is 30.4 Å². The summed E-state index contributed by atoms with van der Waals surface area (Å²) in [6.45, 7) is 0. The van der Waals surface area contributed by atoms with Gasteiger partial charge in [0.1, 0.15) is 10.6 Å². The van der Waals surface area contributed by atoms with Crippen molar-refractivity contribution in [3.63, 3.8) is 0 Å². The number of fused-ring (bicyclic) bond motifs is 6. The maximum atomic E-state index is 14.6. The summed E-state index contributed by atoms with van der Waals surface area (Å²) >= 11 is 0. The third kappa shape index (κ3) is 4.17. The summed E-state index contributed by atoms with van der Waals surface area (Å²) in [6.07, 6.45) is 7.08. The zero-order valence-corrected chi connectivity index (χ0v) is 24.1. The van der Waals surface area contributed by atoms with Gasteiger partial charge in [0.2, 0.25) is 0 Å². The fourth-order valence-electron chi connectivity index (χ4n) is 8.33. The van der Waals surface area contributed by atoms with E-state index in [1.54, 1.807) is 0 Å². The van der Waals surface area contributed by atoms with Crippen LogP contribution in [0.2, 0.25) is 0 Å². The molecule has 6 unspecified atom stereocenters. The summed E-state index contributed by atoms with van der Waals surface area (Å²) in [5, 5.41) is 1.90. The maximum Gasteiger partial charge on any atom is 0.339 e. The van der Waals surface area contributed by atoms with E-state index in [4.69, 9.17) is 13.7 Å². The fourth-order valence-corrected chi connectivity index (χ4v) is 10.6. The Morgan fingerprint density at radius 2 is 1.49 bits per heavy atom. The fraction of sp³-hybridized carbons (Fsp3) is 0.484. The summed E-state index contributed by atoms with van der Waals surface area (Å²) < 4.78 is 81.5. The predicted octanol–water partition coefficient (Wildman–Crippen LogP) is 5.41. The van der Waals surface area contributed by atoms with E-state index in [0.717, 1.165) is 60.4 Å². The Bertz CT molecular complexity index is 1800. The van der Waals surface area contributed by atoms with Gasteiger partial charge in [-0.05, 0) is 103 Å². The van der Waals surface area contributed by atoms with Crippen molar-refractivity contribution < 1.29 is 35.0 Å². The van der Waals surface area contributed by atoms with Crippen LogP contribution in [0.3, 0.4) is 0 Å². The minimum Gasteiger partial charge on any atom is -0.379 e. The van der Waals surface area contributed by atoms with Crippen LogP contribution in [0.5, 0.6) is 5.75 Å². The third-order valence-corrected chi connectivity index (χ3v) is 12.3. The predicted molar refractivity (Wildman–Crippen MR) is 151 cm³/mol. The zero-order chi connectivity index (χ0) is 28.1. The standard InChI is InChI=1S/C31H32O8S2/c32-40(33,34)29-13-12-28(21-6-3-7-22(21)29)39-41(35,36)31-24(23-15-18-8-10-26(23)37-18)14-17-4-1-2-5-20(17)30(31)25-16-19-9-11-27(25)38-19/h1-2,4-5,12-14,18-19,23,25-27H,3,6-11,15-16H2,(H,32,33,34). The number of hydrogen-bond donors (Lipinski definition) is 1. The Morgan fingerprint density at radius 1 is 0.805 bits per heavy atom. The molecule has 8 nitrogen and oxygen atoms in total. The highest BCUT2D eigenvalue weighted by atomic mass is 32.2. The molecular formula is C31H32O8S2. The molecular weight excluding hydrogens is 564 g/mol. The maximum absolute atomic E-state index is 14.6. The van der Waals surface area contributed by atoms with Gasteiger partial charge in [-0.25, -0.2) is 0 Å². The quantitative estimate of drug-likeness (QED) is 0.297. The first-order valence-corrected chi connectivity index (χ1v) is 17.5.